The Bertz CT molecular complexity index is 1220. The van der Waals surface area contributed by atoms with Gasteiger partial charge in [-0.1, -0.05) is 23.7 Å². The van der Waals surface area contributed by atoms with E-state index in [0.29, 0.717) is 23.1 Å². The van der Waals surface area contributed by atoms with E-state index in [1.54, 1.807) is 42.9 Å². The topological polar surface area (TPSA) is 92.3 Å². The number of aryl methyl sites for hydroxylation is 1. The molecule has 4 heterocycles. The molecule has 8 nitrogen and oxygen atoms in total. The number of benzene rings is 1. The van der Waals surface area contributed by atoms with Crippen molar-refractivity contribution in [2.24, 2.45) is 0 Å². The van der Waals surface area contributed by atoms with Crippen molar-refractivity contribution in [2.75, 3.05) is 24.7 Å². The van der Waals surface area contributed by atoms with E-state index < -0.39 is 6.04 Å². The summed E-state index contributed by atoms with van der Waals surface area (Å²) in [7, 11) is 0. The van der Waals surface area contributed by atoms with Gasteiger partial charge in [0.1, 0.15) is 5.82 Å². The Morgan fingerprint density at radius 1 is 1.39 bits per heavy atom. The molecular weight excluding hydrogens is 442 g/mol. The number of amides is 1. The van der Waals surface area contributed by atoms with E-state index in [1.807, 2.05) is 17.6 Å². The molecule has 33 heavy (non-hydrogen) atoms. The third kappa shape index (κ3) is 4.19. The Kier molecular flexibility index (Phi) is 5.55. The van der Waals surface area contributed by atoms with Gasteiger partial charge in [0.2, 0.25) is 5.95 Å². The van der Waals surface area contributed by atoms with Crippen LogP contribution in [0, 0.1) is 6.92 Å². The molecule has 2 aromatic heterocycles. The lowest BCUT2D eigenvalue weighted by molar-refractivity contribution is 0.0944. The molecule has 1 amide bonds. The van der Waals surface area contributed by atoms with Crippen LogP contribution in [0.25, 0.3) is 5.82 Å². The minimum Gasteiger partial charge on any atom is -0.516 e. The number of carbonyl (C=O) groups excluding carboxylic acids is 1. The molecular formula is C24H24ClN5O3. The molecule has 5 rings (SSSR count). The standard InChI is InChI=1S/C24H24ClN5O3/c1-16-12-26-23(30-14-24(30)7-10-33-15-24)28-21(16)29-8-5-18(13-29)22(32)27-20(6-9-31)17-3-2-4-19(25)11-17/h2-6,8-9,11-13,20,31H,7,10,14-15H2,1H3,(H,27,32)/b9-6+/t20-,24?,30?/m1/s1. The quantitative estimate of drug-likeness (QED) is 0.425. The highest BCUT2D eigenvalue weighted by Gasteiger charge is 2.56. The summed E-state index contributed by atoms with van der Waals surface area (Å²) in [4.78, 5) is 24.4. The lowest BCUT2D eigenvalue weighted by Crippen LogP contribution is -2.27. The monoisotopic (exact) mass is 465 g/mol. The molecule has 2 fully saturated rings. The van der Waals surface area contributed by atoms with Crippen molar-refractivity contribution in [1.82, 2.24) is 19.9 Å². The maximum Gasteiger partial charge on any atom is 0.253 e. The van der Waals surface area contributed by atoms with Crippen LogP contribution in [0.1, 0.15) is 33.9 Å². The number of aliphatic hydroxyl groups excluding tert-OH is 1. The number of nitrogens with zero attached hydrogens (tertiary/aromatic N) is 4. The molecule has 0 bridgehead atoms. The fraction of sp³-hybridized carbons (Fsp3) is 0.292. The molecule has 2 aliphatic heterocycles. The molecule has 0 saturated carbocycles. The van der Waals surface area contributed by atoms with Gasteiger partial charge in [-0.2, -0.15) is 4.98 Å². The summed E-state index contributed by atoms with van der Waals surface area (Å²) in [6, 6.07) is 8.35. The molecule has 2 N–H and O–H groups in total. The number of halogens is 1. The summed E-state index contributed by atoms with van der Waals surface area (Å²) < 4.78 is 7.38. The van der Waals surface area contributed by atoms with Gasteiger partial charge in [0.15, 0.2) is 0 Å². The zero-order valence-corrected chi connectivity index (χ0v) is 18.9. The summed E-state index contributed by atoms with van der Waals surface area (Å²) in [5.74, 6) is 1.12. The number of hydrogen-bond acceptors (Lipinski definition) is 6. The molecule has 1 spiro atoms. The number of aliphatic hydroxyl groups is 1. The van der Waals surface area contributed by atoms with E-state index in [4.69, 9.17) is 21.3 Å². The van der Waals surface area contributed by atoms with Crippen molar-refractivity contribution < 1.29 is 14.6 Å². The van der Waals surface area contributed by atoms with Crippen molar-refractivity contribution >= 4 is 23.5 Å². The molecule has 2 saturated heterocycles. The number of aromatic nitrogens is 3. The van der Waals surface area contributed by atoms with E-state index >= 15 is 0 Å². The average molecular weight is 466 g/mol. The summed E-state index contributed by atoms with van der Waals surface area (Å²) in [5, 5.41) is 12.8. The number of ether oxygens (including phenoxy) is 1. The summed E-state index contributed by atoms with van der Waals surface area (Å²) >= 11 is 6.08. The lowest BCUT2D eigenvalue weighted by atomic mass is 10.1. The van der Waals surface area contributed by atoms with E-state index in [0.717, 1.165) is 42.8 Å². The van der Waals surface area contributed by atoms with Crippen molar-refractivity contribution in [3.05, 3.63) is 83.0 Å². The first-order chi connectivity index (χ1) is 16.0. The van der Waals surface area contributed by atoms with E-state index in [9.17, 15) is 9.90 Å². The molecule has 3 aromatic rings. The van der Waals surface area contributed by atoms with Gasteiger partial charge in [-0.15, -0.1) is 0 Å². The zero-order chi connectivity index (χ0) is 23.0. The van der Waals surface area contributed by atoms with Crippen LogP contribution in [0.5, 0.6) is 0 Å². The molecule has 0 aliphatic carbocycles. The van der Waals surface area contributed by atoms with Crippen molar-refractivity contribution in [1.29, 1.82) is 0 Å². The Balaban J connectivity index is 1.35. The molecule has 170 valence electrons. The second-order valence-electron chi connectivity index (χ2n) is 8.44. The van der Waals surface area contributed by atoms with Crippen LogP contribution >= 0.6 is 11.6 Å². The highest BCUT2D eigenvalue weighted by molar-refractivity contribution is 6.30. The number of hydrogen-bond donors (Lipinski definition) is 2. The van der Waals surface area contributed by atoms with Crippen LogP contribution in [0.4, 0.5) is 5.95 Å². The predicted molar refractivity (Wildman–Crippen MR) is 125 cm³/mol. The molecule has 1 aromatic carbocycles. The van der Waals surface area contributed by atoms with Gasteiger partial charge >= 0.3 is 0 Å². The summed E-state index contributed by atoms with van der Waals surface area (Å²) in [6.45, 7) is 4.32. The first-order valence-electron chi connectivity index (χ1n) is 10.7. The van der Waals surface area contributed by atoms with Crippen LogP contribution in [-0.4, -0.2) is 50.8 Å². The average Bonchev–Trinajstić information content (AvgIpc) is 3.14. The number of anilines is 1. The Morgan fingerprint density at radius 3 is 3.03 bits per heavy atom. The highest BCUT2D eigenvalue weighted by atomic mass is 35.5. The Labute approximate surface area is 196 Å². The second kappa shape index (κ2) is 8.53. The Morgan fingerprint density at radius 2 is 2.27 bits per heavy atom. The van der Waals surface area contributed by atoms with Gasteiger partial charge < -0.3 is 24.6 Å². The number of carbonyl (C=O) groups is 1. The minimum atomic E-state index is -0.524. The summed E-state index contributed by atoms with van der Waals surface area (Å²) in [5.41, 5.74) is 2.18. The predicted octanol–water partition coefficient (Wildman–Crippen LogP) is 3.75. The van der Waals surface area contributed by atoms with Gasteiger partial charge in [0.05, 0.1) is 30.0 Å². The first-order valence-corrected chi connectivity index (χ1v) is 11.1. The van der Waals surface area contributed by atoms with E-state index in [2.05, 4.69) is 15.2 Å². The lowest BCUT2D eigenvalue weighted by Gasteiger charge is -2.15. The maximum absolute atomic E-state index is 12.9. The molecule has 2 aliphatic rings. The normalized spacial score (nSPS) is 20.5. The SMILES string of the molecule is Cc1cnc(N2CC23CCOC3)nc1-n1ccc(C(=O)N[C@H](/C=C/O)c2cccc(Cl)c2)c1. The molecule has 2 atom stereocenters. The van der Waals surface area contributed by atoms with Crippen LogP contribution in [-0.2, 0) is 4.74 Å². The van der Waals surface area contributed by atoms with Gasteiger partial charge in [-0.3, -0.25) is 4.79 Å². The largest absolute Gasteiger partial charge is 0.516 e. The van der Waals surface area contributed by atoms with E-state index in [-0.39, 0.29) is 11.4 Å². The fourth-order valence-electron chi connectivity index (χ4n) is 4.21. The van der Waals surface area contributed by atoms with Crippen LogP contribution in [0.15, 0.2) is 61.3 Å². The van der Waals surface area contributed by atoms with Gasteiger partial charge in [0.25, 0.3) is 5.91 Å². The van der Waals surface area contributed by atoms with Crippen LogP contribution in [0.2, 0.25) is 5.02 Å². The molecule has 1 unspecified atom stereocenters. The van der Waals surface area contributed by atoms with Crippen LogP contribution < -0.4 is 10.2 Å². The summed E-state index contributed by atoms with van der Waals surface area (Å²) in [6.07, 6.45) is 8.75. The first kappa shape index (κ1) is 21.5. The van der Waals surface area contributed by atoms with Gasteiger partial charge in [-0.05, 0) is 43.2 Å². The number of rotatable bonds is 6. The molecule has 9 heteroatoms. The van der Waals surface area contributed by atoms with Crippen LogP contribution in [0.3, 0.4) is 0 Å². The van der Waals surface area contributed by atoms with Gasteiger partial charge in [-0.25, -0.2) is 4.98 Å². The second-order valence-corrected chi connectivity index (χ2v) is 8.88. The van der Waals surface area contributed by atoms with E-state index in [1.165, 1.54) is 6.08 Å². The van der Waals surface area contributed by atoms with Gasteiger partial charge in [0, 0.05) is 42.3 Å². The van der Waals surface area contributed by atoms with Crippen molar-refractivity contribution in [3.8, 4) is 5.82 Å². The zero-order valence-electron chi connectivity index (χ0n) is 18.1. The minimum absolute atomic E-state index is 0.0455. The fourth-order valence-corrected chi connectivity index (χ4v) is 4.41. The number of nitrogens with one attached hydrogen (secondary N) is 1. The Hall–Kier alpha value is -3.36. The third-order valence-electron chi connectivity index (χ3n) is 6.15. The van der Waals surface area contributed by atoms with Crippen molar-refractivity contribution in [3.63, 3.8) is 0 Å². The molecule has 0 radical (unpaired) electrons. The highest BCUT2D eigenvalue weighted by Crippen LogP contribution is 2.42. The van der Waals surface area contributed by atoms with Crippen molar-refractivity contribution in [2.45, 2.75) is 24.9 Å². The smallest absolute Gasteiger partial charge is 0.253 e. The maximum atomic E-state index is 12.9. The third-order valence-corrected chi connectivity index (χ3v) is 6.39.